The third-order valence-corrected chi connectivity index (χ3v) is 3.61. The summed E-state index contributed by atoms with van der Waals surface area (Å²) in [6.07, 6.45) is 4.45. The highest BCUT2D eigenvalue weighted by atomic mass is 16.4. The molecule has 0 saturated heterocycles. The number of hydrogen-bond acceptors (Lipinski definition) is 3. The van der Waals surface area contributed by atoms with Gasteiger partial charge in [0.05, 0.1) is 23.1 Å². The summed E-state index contributed by atoms with van der Waals surface area (Å²) in [5.74, 6) is 0.926. The Balaban J connectivity index is 2.12. The van der Waals surface area contributed by atoms with Crippen molar-refractivity contribution >= 4 is 17.0 Å². The van der Waals surface area contributed by atoms with Crippen LogP contribution in [-0.4, -0.2) is 30.2 Å². The number of aromatic nitrogens is 4. The number of aromatic carboxylic acids is 1. The first-order valence-corrected chi connectivity index (χ1v) is 6.78. The van der Waals surface area contributed by atoms with E-state index in [0.29, 0.717) is 12.1 Å². The molecule has 0 aliphatic heterocycles. The van der Waals surface area contributed by atoms with Crippen molar-refractivity contribution in [2.45, 2.75) is 19.9 Å². The molecule has 0 saturated carbocycles. The lowest BCUT2D eigenvalue weighted by atomic mass is 10.2. The standard InChI is InChI=1S/C15H16N4O2/c1-3-13-17-11-8-10(15(20)21)4-5-12(11)19(13)9-14-16-6-7-18(14)2/h4-8H,3,9H2,1-2H3,(H,20,21). The quantitative estimate of drug-likeness (QED) is 0.796. The Hall–Kier alpha value is -2.63. The fourth-order valence-corrected chi connectivity index (χ4v) is 2.45. The molecule has 3 rings (SSSR count). The number of carboxylic acid groups (broad SMARTS) is 1. The summed E-state index contributed by atoms with van der Waals surface area (Å²) in [5, 5.41) is 9.07. The van der Waals surface area contributed by atoms with Crippen molar-refractivity contribution in [3.63, 3.8) is 0 Å². The summed E-state index contributed by atoms with van der Waals surface area (Å²) in [6.45, 7) is 2.66. The van der Waals surface area contributed by atoms with E-state index in [2.05, 4.69) is 14.5 Å². The molecule has 0 aliphatic carbocycles. The van der Waals surface area contributed by atoms with Crippen molar-refractivity contribution in [3.8, 4) is 0 Å². The van der Waals surface area contributed by atoms with Crippen LogP contribution in [0.3, 0.4) is 0 Å². The monoisotopic (exact) mass is 284 g/mol. The Bertz CT molecular complexity index is 816. The van der Waals surface area contributed by atoms with Gasteiger partial charge >= 0.3 is 5.97 Å². The number of aryl methyl sites for hydroxylation is 2. The van der Waals surface area contributed by atoms with E-state index in [1.165, 1.54) is 0 Å². The lowest BCUT2D eigenvalue weighted by Crippen LogP contribution is -2.08. The molecule has 108 valence electrons. The molecule has 0 unspecified atom stereocenters. The van der Waals surface area contributed by atoms with E-state index in [-0.39, 0.29) is 5.56 Å². The maximum absolute atomic E-state index is 11.1. The normalized spacial score (nSPS) is 11.1. The van der Waals surface area contributed by atoms with Crippen molar-refractivity contribution < 1.29 is 9.90 Å². The average Bonchev–Trinajstić information content (AvgIpc) is 3.03. The minimum Gasteiger partial charge on any atom is -0.478 e. The maximum Gasteiger partial charge on any atom is 0.335 e. The Labute approximate surface area is 121 Å². The number of nitrogens with zero attached hydrogens (tertiary/aromatic N) is 4. The highest BCUT2D eigenvalue weighted by molar-refractivity contribution is 5.92. The number of rotatable bonds is 4. The van der Waals surface area contributed by atoms with Crippen molar-refractivity contribution in [1.29, 1.82) is 0 Å². The summed E-state index contributed by atoms with van der Waals surface area (Å²) in [7, 11) is 1.95. The topological polar surface area (TPSA) is 72.9 Å². The molecule has 1 N–H and O–H groups in total. The van der Waals surface area contributed by atoms with E-state index in [9.17, 15) is 4.79 Å². The first-order chi connectivity index (χ1) is 10.1. The number of benzene rings is 1. The van der Waals surface area contributed by atoms with Crippen LogP contribution in [0.4, 0.5) is 0 Å². The summed E-state index contributed by atoms with van der Waals surface area (Å²) < 4.78 is 4.06. The van der Waals surface area contributed by atoms with E-state index in [1.807, 2.05) is 30.8 Å². The van der Waals surface area contributed by atoms with Crippen LogP contribution in [0, 0.1) is 0 Å². The molecule has 3 aromatic rings. The van der Waals surface area contributed by atoms with E-state index < -0.39 is 5.97 Å². The molecule has 6 heteroatoms. The Morgan fingerprint density at radius 3 is 2.76 bits per heavy atom. The number of fused-ring (bicyclic) bond motifs is 1. The van der Waals surface area contributed by atoms with Gasteiger partial charge in [0.2, 0.25) is 0 Å². The molecule has 0 radical (unpaired) electrons. The van der Waals surface area contributed by atoms with Gasteiger partial charge in [-0.25, -0.2) is 14.8 Å². The van der Waals surface area contributed by atoms with Crippen LogP contribution >= 0.6 is 0 Å². The van der Waals surface area contributed by atoms with Crippen LogP contribution in [0.25, 0.3) is 11.0 Å². The SMILES string of the molecule is CCc1nc2cc(C(=O)O)ccc2n1Cc1nccn1C. The molecule has 1 aromatic carbocycles. The van der Waals surface area contributed by atoms with Crippen LogP contribution in [-0.2, 0) is 20.0 Å². The second-order valence-electron chi connectivity index (χ2n) is 4.93. The van der Waals surface area contributed by atoms with Gasteiger partial charge in [-0.1, -0.05) is 6.92 Å². The van der Waals surface area contributed by atoms with Crippen molar-refractivity contribution in [2.24, 2.45) is 7.05 Å². The summed E-state index contributed by atoms with van der Waals surface area (Å²) in [6, 6.07) is 5.04. The van der Waals surface area contributed by atoms with E-state index in [0.717, 1.165) is 23.6 Å². The lowest BCUT2D eigenvalue weighted by molar-refractivity contribution is 0.0697. The first-order valence-electron chi connectivity index (χ1n) is 6.78. The van der Waals surface area contributed by atoms with Crippen LogP contribution in [0.5, 0.6) is 0 Å². The third-order valence-electron chi connectivity index (χ3n) is 3.61. The highest BCUT2D eigenvalue weighted by Crippen LogP contribution is 2.20. The van der Waals surface area contributed by atoms with Gasteiger partial charge in [0, 0.05) is 25.9 Å². The Morgan fingerprint density at radius 2 is 2.14 bits per heavy atom. The van der Waals surface area contributed by atoms with Crippen LogP contribution in [0.1, 0.15) is 28.9 Å². The molecule has 0 bridgehead atoms. The predicted octanol–water partition coefficient (Wildman–Crippen LogP) is 2.08. The van der Waals surface area contributed by atoms with Gasteiger partial charge in [0.1, 0.15) is 11.6 Å². The molecule has 21 heavy (non-hydrogen) atoms. The fraction of sp³-hybridized carbons (Fsp3) is 0.267. The smallest absolute Gasteiger partial charge is 0.335 e. The van der Waals surface area contributed by atoms with E-state index >= 15 is 0 Å². The highest BCUT2D eigenvalue weighted by Gasteiger charge is 2.13. The number of imidazole rings is 2. The maximum atomic E-state index is 11.1. The predicted molar refractivity (Wildman–Crippen MR) is 78.4 cm³/mol. The molecular formula is C15H16N4O2. The minimum atomic E-state index is -0.936. The van der Waals surface area contributed by atoms with Gasteiger partial charge in [-0.3, -0.25) is 0 Å². The van der Waals surface area contributed by atoms with Gasteiger partial charge in [0.15, 0.2) is 0 Å². The van der Waals surface area contributed by atoms with Gasteiger partial charge in [0.25, 0.3) is 0 Å². The summed E-state index contributed by atoms with van der Waals surface area (Å²) >= 11 is 0. The molecule has 2 aromatic heterocycles. The number of carbonyl (C=O) groups is 1. The fourth-order valence-electron chi connectivity index (χ4n) is 2.45. The van der Waals surface area contributed by atoms with Crippen molar-refractivity contribution in [3.05, 3.63) is 47.8 Å². The lowest BCUT2D eigenvalue weighted by Gasteiger charge is -2.08. The zero-order valence-electron chi connectivity index (χ0n) is 11.9. The number of carboxylic acids is 1. The third kappa shape index (κ3) is 2.29. The Morgan fingerprint density at radius 1 is 1.33 bits per heavy atom. The van der Waals surface area contributed by atoms with Crippen LogP contribution in [0.15, 0.2) is 30.6 Å². The van der Waals surface area contributed by atoms with Gasteiger partial charge in [-0.05, 0) is 18.2 Å². The molecule has 0 fully saturated rings. The molecule has 0 amide bonds. The van der Waals surface area contributed by atoms with Gasteiger partial charge in [-0.2, -0.15) is 0 Å². The largest absolute Gasteiger partial charge is 0.478 e. The molecule has 0 atom stereocenters. The number of hydrogen-bond donors (Lipinski definition) is 1. The summed E-state index contributed by atoms with van der Waals surface area (Å²) in [5.41, 5.74) is 1.90. The van der Waals surface area contributed by atoms with Crippen molar-refractivity contribution in [2.75, 3.05) is 0 Å². The van der Waals surface area contributed by atoms with Gasteiger partial charge < -0.3 is 14.2 Å². The molecule has 0 aliphatic rings. The zero-order valence-corrected chi connectivity index (χ0v) is 11.9. The van der Waals surface area contributed by atoms with Crippen LogP contribution in [0.2, 0.25) is 0 Å². The summed E-state index contributed by atoms with van der Waals surface area (Å²) in [4.78, 5) is 19.9. The zero-order chi connectivity index (χ0) is 15.0. The second-order valence-corrected chi connectivity index (χ2v) is 4.93. The molecule has 2 heterocycles. The first kappa shape index (κ1) is 13.4. The van der Waals surface area contributed by atoms with Crippen molar-refractivity contribution in [1.82, 2.24) is 19.1 Å². The van der Waals surface area contributed by atoms with Crippen LogP contribution < -0.4 is 0 Å². The second kappa shape index (κ2) is 5.05. The van der Waals surface area contributed by atoms with Gasteiger partial charge in [-0.15, -0.1) is 0 Å². The minimum absolute atomic E-state index is 0.256. The molecular weight excluding hydrogens is 268 g/mol. The molecule has 0 spiro atoms. The average molecular weight is 284 g/mol. The molecule has 6 nitrogen and oxygen atoms in total. The Kier molecular flexibility index (Phi) is 3.21. The van der Waals surface area contributed by atoms with E-state index in [4.69, 9.17) is 5.11 Å². The van der Waals surface area contributed by atoms with E-state index in [1.54, 1.807) is 18.3 Å².